The number of hydrogen-bond donors (Lipinski definition) is 0. The molecule has 7 aliphatic carbocycles. The number of allylic oxidation sites excluding steroid dienone is 2. The molecule has 6 heteroatoms. The fourth-order valence-electron chi connectivity index (χ4n) is 10.4. The smallest absolute Gasteiger partial charge is 0.335 e. The zero-order valence-electron chi connectivity index (χ0n) is 27.5. The Bertz CT molecular complexity index is 1230. The molecule has 228 valence electrons. The second-order valence-corrected chi connectivity index (χ2v) is 22.3. The van der Waals surface area contributed by atoms with Crippen LogP contribution >= 0.6 is 0 Å². The molecule has 0 radical (unpaired) electrons. The minimum atomic E-state index is -1.96. The van der Waals surface area contributed by atoms with Crippen LogP contribution in [0.1, 0.15) is 100 Å². The maximum atomic E-state index is 14.5. The van der Waals surface area contributed by atoms with Crippen molar-refractivity contribution in [1.82, 2.24) is 0 Å². The molecule has 41 heavy (non-hydrogen) atoms. The molecule has 0 aliphatic heterocycles. The molecule has 0 spiro atoms. The molecular formula is C35H54O5Si. The van der Waals surface area contributed by atoms with Gasteiger partial charge in [-0.3, -0.25) is 0 Å². The van der Waals surface area contributed by atoms with E-state index in [0.717, 1.165) is 37.9 Å². The molecule has 5 nitrogen and oxygen atoms in total. The molecule has 4 saturated carbocycles. The molecule has 0 heterocycles. The molecule has 6 bridgehead atoms. The lowest BCUT2D eigenvalue weighted by Crippen LogP contribution is -2.48. The number of carbonyl (C=O) groups excluding carboxylic acids is 2. The maximum Gasteiger partial charge on any atom is 0.335 e. The summed E-state index contributed by atoms with van der Waals surface area (Å²) in [6.45, 7) is 24.9. The average molecular weight is 583 g/mol. The fraction of sp³-hybridized carbons (Fsp3) is 0.829. The third-order valence-electron chi connectivity index (χ3n) is 13.9. The Balaban J connectivity index is 1.37. The van der Waals surface area contributed by atoms with E-state index in [0.29, 0.717) is 23.0 Å². The zero-order valence-corrected chi connectivity index (χ0v) is 28.5. The summed E-state index contributed by atoms with van der Waals surface area (Å²) in [5.74, 6) is 0.864. The van der Waals surface area contributed by atoms with E-state index in [1.165, 1.54) is 12.8 Å². The van der Waals surface area contributed by atoms with Gasteiger partial charge in [0.05, 0.1) is 22.8 Å². The van der Waals surface area contributed by atoms with Crippen LogP contribution in [0.4, 0.5) is 0 Å². The normalized spacial score (nSPS) is 42.9. The van der Waals surface area contributed by atoms with Crippen LogP contribution in [0.2, 0.25) is 19.6 Å². The molecular weight excluding hydrogens is 528 g/mol. The lowest BCUT2D eigenvalue weighted by atomic mass is 9.57. The third kappa shape index (κ3) is 4.04. The van der Waals surface area contributed by atoms with Gasteiger partial charge in [0.2, 0.25) is 8.32 Å². The molecule has 7 rings (SSSR count). The molecule has 0 aromatic heterocycles. The highest BCUT2D eigenvalue weighted by atomic mass is 28.4. The summed E-state index contributed by atoms with van der Waals surface area (Å²) >= 11 is 0. The van der Waals surface area contributed by atoms with Gasteiger partial charge >= 0.3 is 11.9 Å². The van der Waals surface area contributed by atoms with Gasteiger partial charge in [-0.2, -0.15) is 0 Å². The number of hydrogen-bond acceptors (Lipinski definition) is 5. The predicted octanol–water partition coefficient (Wildman–Crippen LogP) is 8.21. The van der Waals surface area contributed by atoms with E-state index in [2.05, 4.69) is 81.1 Å². The van der Waals surface area contributed by atoms with Crippen molar-refractivity contribution in [3.8, 4) is 0 Å². The summed E-state index contributed by atoms with van der Waals surface area (Å²) in [6, 6.07) is 0. The van der Waals surface area contributed by atoms with Gasteiger partial charge in [0.15, 0.2) is 0 Å². The summed E-state index contributed by atoms with van der Waals surface area (Å²) in [5.41, 5.74) is 1.02. The quantitative estimate of drug-likeness (QED) is 0.233. The second kappa shape index (κ2) is 8.76. The van der Waals surface area contributed by atoms with E-state index < -0.39 is 8.32 Å². The van der Waals surface area contributed by atoms with Gasteiger partial charge in [-0.1, -0.05) is 55.4 Å². The maximum absolute atomic E-state index is 14.5. The summed E-state index contributed by atoms with van der Waals surface area (Å²) in [5, 5.41) is 0. The summed E-state index contributed by atoms with van der Waals surface area (Å²) < 4.78 is 19.6. The van der Waals surface area contributed by atoms with E-state index in [1.54, 1.807) is 0 Å². The lowest BCUT2D eigenvalue weighted by molar-refractivity contribution is -0.157. The summed E-state index contributed by atoms with van der Waals surface area (Å²) in [6.07, 6.45) is 9.07. The Kier molecular flexibility index (Phi) is 6.30. The van der Waals surface area contributed by atoms with Crippen molar-refractivity contribution in [1.29, 1.82) is 0 Å². The first-order valence-corrected chi connectivity index (χ1v) is 19.7. The summed E-state index contributed by atoms with van der Waals surface area (Å²) in [4.78, 5) is 28.7. The largest absolute Gasteiger partial charge is 0.547 e. The Morgan fingerprint density at radius 1 is 0.756 bits per heavy atom. The first-order chi connectivity index (χ1) is 18.7. The van der Waals surface area contributed by atoms with Crippen molar-refractivity contribution in [2.45, 2.75) is 132 Å². The first-order valence-electron chi connectivity index (χ1n) is 16.3. The van der Waals surface area contributed by atoms with Crippen LogP contribution in [-0.2, 0) is 23.5 Å². The van der Waals surface area contributed by atoms with Crippen LogP contribution < -0.4 is 0 Å². The van der Waals surface area contributed by atoms with Crippen molar-refractivity contribution in [2.24, 2.45) is 50.7 Å². The SMILES string of the molecule is CC1(C)CC2C=C(O[Si](C)(C)C)C1C(C(=O)OC1CC3CCC1(C)C3(C)C)=C2C(=O)OC1CC2CCC1(C)C2(C)C. The Morgan fingerprint density at radius 2 is 1.22 bits per heavy atom. The van der Waals surface area contributed by atoms with Crippen molar-refractivity contribution in [3.05, 3.63) is 23.0 Å². The molecule has 8 unspecified atom stereocenters. The molecule has 7 aliphatic rings. The molecule has 8 atom stereocenters. The fourth-order valence-corrected chi connectivity index (χ4v) is 11.3. The van der Waals surface area contributed by atoms with Gasteiger partial charge in [0, 0.05) is 16.7 Å². The van der Waals surface area contributed by atoms with Crippen LogP contribution in [-0.4, -0.2) is 32.5 Å². The Labute approximate surface area is 249 Å². The molecule has 4 fully saturated rings. The zero-order chi connectivity index (χ0) is 30.1. The van der Waals surface area contributed by atoms with Gasteiger partial charge in [0.1, 0.15) is 12.2 Å². The van der Waals surface area contributed by atoms with Crippen molar-refractivity contribution in [3.63, 3.8) is 0 Å². The van der Waals surface area contributed by atoms with Crippen LogP contribution in [0.15, 0.2) is 23.0 Å². The van der Waals surface area contributed by atoms with E-state index in [4.69, 9.17) is 13.9 Å². The third-order valence-corrected chi connectivity index (χ3v) is 14.8. The summed E-state index contributed by atoms with van der Waals surface area (Å²) in [7, 11) is -1.96. The number of rotatable bonds is 6. The van der Waals surface area contributed by atoms with Gasteiger partial charge in [-0.05, 0) is 98.7 Å². The van der Waals surface area contributed by atoms with Crippen molar-refractivity contribution >= 4 is 20.3 Å². The number of ether oxygens (including phenoxy) is 2. The standard InChI is InChI=1S/C35H54O5Si/c1-31(2)19-20-16-23(40-41(9,10)11)28(31)27(30(37)39-25-18-22-13-15-35(25,8)33(22,5)6)26(20)29(36)38-24-17-21-12-14-34(24,7)32(21,3)4/h16,20-22,24-25,28H,12-15,17-19H2,1-11H3. The monoisotopic (exact) mass is 582 g/mol. The number of fused-ring (bicyclic) bond motifs is 5. The van der Waals surface area contributed by atoms with Crippen molar-refractivity contribution < 1.29 is 23.5 Å². The van der Waals surface area contributed by atoms with E-state index in [1.807, 2.05) is 0 Å². The average Bonchev–Trinajstić information content (AvgIpc) is 3.34. The number of carbonyl (C=O) groups is 2. The Hall–Kier alpha value is -1.56. The lowest BCUT2D eigenvalue weighted by Gasteiger charge is -2.49. The highest BCUT2D eigenvalue weighted by molar-refractivity contribution is 6.70. The van der Waals surface area contributed by atoms with Gasteiger partial charge < -0.3 is 13.9 Å². The second-order valence-electron chi connectivity index (χ2n) is 17.9. The minimum absolute atomic E-state index is 0.0350. The first kappa shape index (κ1) is 29.5. The number of esters is 2. The molecule has 0 aromatic carbocycles. The van der Waals surface area contributed by atoms with Crippen LogP contribution in [0.3, 0.4) is 0 Å². The predicted molar refractivity (Wildman–Crippen MR) is 163 cm³/mol. The molecule has 0 saturated heterocycles. The van der Waals surface area contributed by atoms with Crippen LogP contribution in [0, 0.1) is 50.7 Å². The van der Waals surface area contributed by atoms with Gasteiger partial charge in [-0.25, -0.2) is 9.59 Å². The minimum Gasteiger partial charge on any atom is -0.547 e. The van der Waals surface area contributed by atoms with Crippen LogP contribution in [0.5, 0.6) is 0 Å². The van der Waals surface area contributed by atoms with Gasteiger partial charge in [-0.15, -0.1) is 0 Å². The molecule has 0 N–H and O–H groups in total. The van der Waals surface area contributed by atoms with Gasteiger partial charge in [0.25, 0.3) is 0 Å². The van der Waals surface area contributed by atoms with E-state index in [9.17, 15) is 9.59 Å². The molecule has 0 aromatic rings. The highest BCUT2D eigenvalue weighted by Crippen LogP contribution is 2.68. The molecule has 0 amide bonds. The van der Waals surface area contributed by atoms with Crippen molar-refractivity contribution in [2.75, 3.05) is 0 Å². The Morgan fingerprint density at radius 3 is 1.61 bits per heavy atom. The van der Waals surface area contributed by atoms with E-state index in [-0.39, 0.29) is 63.1 Å². The topological polar surface area (TPSA) is 61.8 Å². The van der Waals surface area contributed by atoms with Crippen LogP contribution in [0.25, 0.3) is 0 Å². The highest BCUT2D eigenvalue weighted by Gasteiger charge is 2.65. The van der Waals surface area contributed by atoms with E-state index >= 15 is 0 Å².